The van der Waals surface area contributed by atoms with Crippen LogP contribution in [0.25, 0.3) is 16.3 Å². The van der Waals surface area contributed by atoms with Gasteiger partial charge in [-0.15, -0.1) is 11.3 Å². The summed E-state index contributed by atoms with van der Waals surface area (Å²) in [5.41, 5.74) is 8.41. The number of aromatic nitrogens is 2. The van der Waals surface area contributed by atoms with Gasteiger partial charge in [-0.3, -0.25) is 4.79 Å². The van der Waals surface area contributed by atoms with Crippen molar-refractivity contribution in [2.24, 2.45) is 5.73 Å². The van der Waals surface area contributed by atoms with E-state index < -0.39 is 0 Å². The summed E-state index contributed by atoms with van der Waals surface area (Å²) < 4.78 is 1.86. The molecule has 134 valence electrons. The fraction of sp³-hybridized carbons (Fsp3) is 0.300. The van der Waals surface area contributed by atoms with E-state index in [0.29, 0.717) is 12.2 Å². The molecule has 6 heteroatoms. The Morgan fingerprint density at radius 2 is 2.04 bits per heavy atom. The van der Waals surface area contributed by atoms with E-state index in [1.54, 1.807) is 11.3 Å². The average Bonchev–Trinajstić information content (AvgIpc) is 3.31. The van der Waals surface area contributed by atoms with Crippen molar-refractivity contribution in [1.29, 1.82) is 0 Å². The first-order chi connectivity index (χ1) is 12.6. The molecular formula is C20H22N4OS. The zero-order valence-electron chi connectivity index (χ0n) is 14.7. The number of likely N-dealkylation sites (tertiary alicyclic amines) is 1. The molecule has 2 aromatic heterocycles. The third-order valence-corrected chi connectivity index (χ3v) is 5.77. The molecule has 1 saturated heterocycles. The van der Waals surface area contributed by atoms with E-state index in [2.05, 4.69) is 18.1 Å². The van der Waals surface area contributed by atoms with Crippen LogP contribution in [0.4, 0.5) is 0 Å². The first kappa shape index (κ1) is 17.0. The predicted molar refractivity (Wildman–Crippen MR) is 105 cm³/mol. The van der Waals surface area contributed by atoms with Crippen LogP contribution in [-0.4, -0.2) is 39.2 Å². The van der Waals surface area contributed by atoms with Crippen molar-refractivity contribution >= 4 is 17.2 Å². The maximum absolute atomic E-state index is 13.1. The number of rotatable bonds is 3. The van der Waals surface area contributed by atoms with Gasteiger partial charge in [-0.25, -0.2) is 4.68 Å². The summed E-state index contributed by atoms with van der Waals surface area (Å²) in [5.74, 6) is -0.0168. The molecule has 2 atom stereocenters. The number of piperidine rings is 1. The molecular weight excluding hydrogens is 344 g/mol. The molecule has 5 nitrogen and oxygen atoms in total. The minimum atomic E-state index is -0.0168. The smallest absolute Gasteiger partial charge is 0.274 e. The second kappa shape index (κ2) is 7.05. The lowest BCUT2D eigenvalue weighted by molar-refractivity contribution is 0.0612. The normalized spacial score (nSPS) is 20.3. The number of para-hydroxylation sites is 1. The molecule has 1 aromatic carbocycles. The number of nitrogens with zero attached hydrogens (tertiary/aromatic N) is 3. The number of thiophene rings is 1. The molecule has 1 fully saturated rings. The van der Waals surface area contributed by atoms with Crippen molar-refractivity contribution in [1.82, 2.24) is 14.7 Å². The van der Waals surface area contributed by atoms with Gasteiger partial charge in [0, 0.05) is 18.6 Å². The molecule has 0 aliphatic carbocycles. The van der Waals surface area contributed by atoms with Crippen LogP contribution >= 0.6 is 11.3 Å². The van der Waals surface area contributed by atoms with E-state index in [1.807, 2.05) is 57.4 Å². The predicted octanol–water partition coefficient (Wildman–Crippen LogP) is 3.55. The standard InChI is InChI=1S/C20H22N4OS/c1-14-12-15(21)9-10-23(14)20(25)17-13-18(19-8-5-11-26-19)24(22-17)16-6-3-2-4-7-16/h2-8,11,13-15H,9-10,12,21H2,1H3/t14-,15+/m1/s1. The largest absolute Gasteiger partial charge is 0.334 e. The summed E-state index contributed by atoms with van der Waals surface area (Å²) in [4.78, 5) is 16.1. The van der Waals surface area contributed by atoms with Crippen LogP contribution in [0.1, 0.15) is 30.3 Å². The summed E-state index contributed by atoms with van der Waals surface area (Å²) in [5, 5.41) is 6.70. The van der Waals surface area contributed by atoms with Gasteiger partial charge in [0.1, 0.15) is 0 Å². The first-order valence-electron chi connectivity index (χ1n) is 8.89. The number of nitrogens with two attached hydrogens (primary N) is 1. The molecule has 0 radical (unpaired) electrons. The highest BCUT2D eigenvalue weighted by molar-refractivity contribution is 7.13. The van der Waals surface area contributed by atoms with E-state index >= 15 is 0 Å². The molecule has 3 heterocycles. The average molecular weight is 366 g/mol. The van der Waals surface area contributed by atoms with Gasteiger partial charge in [-0.1, -0.05) is 24.3 Å². The van der Waals surface area contributed by atoms with Gasteiger partial charge >= 0.3 is 0 Å². The molecule has 1 amide bonds. The lowest BCUT2D eigenvalue weighted by Crippen LogP contribution is -2.48. The molecule has 0 bridgehead atoms. The van der Waals surface area contributed by atoms with Crippen LogP contribution in [0.5, 0.6) is 0 Å². The van der Waals surface area contributed by atoms with Gasteiger partial charge in [0.2, 0.25) is 0 Å². The van der Waals surface area contributed by atoms with E-state index in [1.165, 1.54) is 0 Å². The first-order valence-corrected chi connectivity index (χ1v) is 9.77. The zero-order valence-corrected chi connectivity index (χ0v) is 15.5. The van der Waals surface area contributed by atoms with Crippen molar-refractivity contribution in [3.63, 3.8) is 0 Å². The maximum Gasteiger partial charge on any atom is 0.274 e. The van der Waals surface area contributed by atoms with Crippen LogP contribution in [-0.2, 0) is 0 Å². The van der Waals surface area contributed by atoms with Gasteiger partial charge in [-0.05, 0) is 49.4 Å². The van der Waals surface area contributed by atoms with Gasteiger partial charge < -0.3 is 10.6 Å². The second-order valence-electron chi connectivity index (χ2n) is 6.77. The monoisotopic (exact) mass is 366 g/mol. The number of carbonyl (C=O) groups excluding carboxylic acids is 1. The van der Waals surface area contributed by atoms with Crippen molar-refractivity contribution in [3.8, 4) is 16.3 Å². The minimum absolute atomic E-state index is 0.0168. The second-order valence-corrected chi connectivity index (χ2v) is 7.72. The van der Waals surface area contributed by atoms with Crippen LogP contribution in [0.2, 0.25) is 0 Å². The van der Waals surface area contributed by atoms with Crippen LogP contribution in [0, 0.1) is 0 Å². The molecule has 1 aliphatic rings. The van der Waals surface area contributed by atoms with Crippen molar-refractivity contribution in [3.05, 3.63) is 59.6 Å². The molecule has 26 heavy (non-hydrogen) atoms. The Morgan fingerprint density at radius 3 is 2.73 bits per heavy atom. The highest BCUT2D eigenvalue weighted by Crippen LogP contribution is 2.29. The van der Waals surface area contributed by atoms with Crippen LogP contribution < -0.4 is 5.73 Å². The third kappa shape index (κ3) is 3.18. The number of benzene rings is 1. The molecule has 0 spiro atoms. The molecule has 0 saturated carbocycles. The van der Waals surface area contributed by atoms with Crippen molar-refractivity contribution < 1.29 is 4.79 Å². The Kier molecular flexibility index (Phi) is 4.61. The summed E-state index contributed by atoms with van der Waals surface area (Å²) in [6.07, 6.45) is 1.68. The summed E-state index contributed by atoms with van der Waals surface area (Å²) in [6.45, 7) is 2.75. The Labute approximate surface area is 157 Å². The van der Waals surface area contributed by atoms with E-state index in [4.69, 9.17) is 5.73 Å². The Balaban J connectivity index is 1.73. The van der Waals surface area contributed by atoms with E-state index in [-0.39, 0.29) is 18.0 Å². The fourth-order valence-electron chi connectivity index (χ4n) is 3.51. The molecule has 2 N–H and O–H groups in total. The lowest BCUT2D eigenvalue weighted by Gasteiger charge is -2.35. The number of hydrogen-bond donors (Lipinski definition) is 1. The van der Waals surface area contributed by atoms with Crippen LogP contribution in [0.3, 0.4) is 0 Å². The van der Waals surface area contributed by atoms with Gasteiger partial charge in [0.25, 0.3) is 5.91 Å². The highest BCUT2D eigenvalue weighted by atomic mass is 32.1. The summed E-state index contributed by atoms with van der Waals surface area (Å²) >= 11 is 1.64. The topological polar surface area (TPSA) is 64.2 Å². The minimum Gasteiger partial charge on any atom is -0.334 e. The van der Waals surface area contributed by atoms with Crippen molar-refractivity contribution in [2.75, 3.05) is 6.54 Å². The Hall–Kier alpha value is -2.44. The molecule has 3 aromatic rings. The quantitative estimate of drug-likeness (QED) is 0.771. The van der Waals surface area contributed by atoms with Crippen LogP contribution in [0.15, 0.2) is 53.9 Å². The third-order valence-electron chi connectivity index (χ3n) is 4.88. The SMILES string of the molecule is C[C@@H]1C[C@@H](N)CCN1C(=O)c1cc(-c2cccs2)n(-c2ccccc2)n1. The molecule has 1 aliphatic heterocycles. The lowest BCUT2D eigenvalue weighted by atomic mass is 9.99. The zero-order chi connectivity index (χ0) is 18.1. The number of hydrogen-bond acceptors (Lipinski definition) is 4. The number of carbonyl (C=O) groups is 1. The van der Waals surface area contributed by atoms with Gasteiger partial charge in [0.15, 0.2) is 5.69 Å². The van der Waals surface area contributed by atoms with Gasteiger partial charge in [-0.2, -0.15) is 5.10 Å². The fourth-order valence-corrected chi connectivity index (χ4v) is 4.24. The van der Waals surface area contributed by atoms with E-state index in [9.17, 15) is 4.79 Å². The maximum atomic E-state index is 13.1. The highest BCUT2D eigenvalue weighted by Gasteiger charge is 2.30. The molecule has 4 rings (SSSR count). The summed E-state index contributed by atoms with van der Waals surface area (Å²) in [6, 6.07) is 16.2. The van der Waals surface area contributed by atoms with Crippen molar-refractivity contribution in [2.45, 2.75) is 31.8 Å². The Bertz CT molecular complexity index is 888. The Morgan fingerprint density at radius 1 is 1.23 bits per heavy atom. The van der Waals surface area contributed by atoms with Gasteiger partial charge in [0.05, 0.1) is 16.3 Å². The summed E-state index contributed by atoms with van der Waals surface area (Å²) in [7, 11) is 0. The number of amides is 1. The molecule has 0 unspecified atom stereocenters. The van der Waals surface area contributed by atoms with E-state index in [0.717, 1.165) is 29.1 Å².